The molecule has 0 aromatic carbocycles. The average molecular weight is 332 g/mol. The second kappa shape index (κ2) is 7.06. The van der Waals surface area contributed by atoms with Crippen LogP contribution >= 0.6 is 27.3 Å². The predicted molar refractivity (Wildman–Crippen MR) is 86.6 cm³/mol. The third-order valence-electron chi connectivity index (χ3n) is 3.31. The number of aryl methyl sites for hydroxylation is 2. The first-order valence-electron chi connectivity index (χ1n) is 6.78. The van der Waals surface area contributed by atoms with Gasteiger partial charge in [0.05, 0.1) is 0 Å². The minimum Gasteiger partial charge on any atom is -0.315 e. The van der Waals surface area contributed by atoms with E-state index in [1.54, 1.807) is 0 Å². The molecule has 0 aliphatic rings. The first-order valence-corrected chi connectivity index (χ1v) is 8.39. The smallest absolute Gasteiger partial charge is 0.0314 e. The second-order valence-corrected chi connectivity index (χ2v) is 8.34. The zero-order valence-electron chi connectivity index (χ0n) is 12.3. The molecule has 1 heterocycles. The van der Waals surface area contributed by atoms with Gasteiger partial charge in [0.15, 0.2) is 0 Å². The van der Waals surface area contributed by atoms with Gasteiger partial charge in [0.2, 0.25) is 0 Å². The summed E-state index contributed by atoms with van der Waals surface area (Å²) in [7, 11) is 0. The summed E-state index contributed by atoms with van der Waals surface area (Å²) in [4.78, 5) is 2.90. The molecule has 1 aromatic heterocycles. The van der Waals surface area contributed by atoms with Gasteiger partial charge in [-0.05, 0) is 60.1 Å². The predicted octanol–water partition coefficient (Wildman–Crippen LogP) is 5.17. The normalized spacial score (nSPS) is 12.4. The number of hydrogen-bond donors (Lipinski definition) is 1. The van der Waals surface area contributed by atoms with E-state index in [0.29, 0.717) is 11.5 Å². The number of halogens is 1. The van der Waals surface area contributed by atoms with Gasteiger partial charge < -0.3 is 5.32 Å². The average Bonchev–Trinajstić information content (AvgIpc) is 2.55. The molecule has 104 valence electrons. The minimum atomic E-state index is 0.423. The molecule has 0 atom stereocenters. The Morgan fingerprint density at radius 1 is 1.33 bits per heavy atom. The van der Waals surface area contributed by atoms with Crippen LogP contribution in [0.25, 0.3) is 0 Å². The first kappa shape index (κ1) is 16.2. The number of nitrogens with one attached hydrogen (secondary N) is 1. The molecule has 0 amide bonds. The van der Waals surface area contributed by atoms with Gasteiger partial charge in [-0.1, -0.05) is 27.7 Å². The molecule has 0 aliphatic heterocycles. The van der Waals surface area contributed by atoms with Gasteiger partial charge in [0.1, 0.15) is 0 Å². The summed E-state index contributed by atoms with van der Waals surface area (Å²) in [5, 5.41) is 3.51. The van der Waals surface area contributed by atoms with Crippen LogP contribution in [-0.4, -0.2) is 12.6 Å². The van der Waals surface area contributed by atoms with E-state index in [1.807, 2.05) is 11.3 Å². The molecule has 0 saturated carbocycles. The van der Waals surface area contributed by atoms with Crippen LogP contribution < -0.4 is 5.32 Å². The Labute approximate surface area is 125 Å². The summed E-state index contributed by atoms with van der Waals surface area (Å²) in [6.07, 6.45) is 3.71. The van der Waals surface area contributed by atoms with E-state index in [9.17, 15) is 0 Å². The van der Waals surface area contributed by atoms with Crippen molar-refractivity contribution in [3.05, 3.63) is 20.3 Å². The summed E-state index contributed by atoms with van der Waals surface area (Å²) < 4.78 is 1.27. The van der Waals surface area contributed by atoms with Gasteiger partial charge in [-0.3, -0.25) is 0 Å². The topological polar surface area (TPSA) is 12.0 Å². The third kappa shape index (κ3) is 5.85. The summed E-state index contributed by atoms with van der Waals surface area (Å²) in [6, 6.07) is 2.87. The van der Waals surface area contributed by atoms with Crippen molar-refractivity contribution < 1.29 is 0 Å². The van der Waals surface area contributed by atoms with Crippen molar-refractivity contribution in [3.8, 4) is 0 Å². The maximum Gasteiger partial charge on any atom is 0.0314 e. The molecule has 1 nitrogen and oxygen atoms in total. The molecule has 1 aromatic rings. The molecule has 3 heteroatoms. The van der Waals surface area contributed by atoms with Crippen molar-refractivity contribution in [1.29, 1.82) is 0 Å². The second-order valence-electron chi connectivity index (χ2n) is 6.14. The monoisotopic (exact) mass is 331 g/mol. The third-order valence-corrected chi connectivity index (χ3v) is 5.51. The van der Waals surface area contributed by atoms with E-state index in [-0.39, 0.29) is 0 Å². The van der Waals surface area contributed by atoms with E-state index in [0.717, 1.165) is 6.54 Å². The molecule has 0 fully saturated rings. The van der Waals surface area contributed by atoms with Crippen LogP contribution in [0.3, 0.4) is 0 Å². The quantitative estimate of drug-likeness (QED) is 0.727. The van der Waals surface area contributed by atoms with E-state index < -0.39 is 0 Å². The summed E-state index contributed by atoms with van der Waals surface area (Å²) in [5.41, 5.74) is 0.423. The highest BCUT2D eigenvalue weighted by Gasteiger charge is 2.18. The van der Waals surface area contributed by atoms with Crippen molar-refractivity contribution in [2.45, 2.75) is 59.9 Å². The van der Waals surface area contributed by atoms with Crippen molar-refractivity contribution in [1.82, 2.24) is 5.32 Å². The SMILES string of the molecule is Cc1sc(CCC(C)(C)CCNC(C)C)cc1Br. The lowest BCUT2D eigenvalue weighted by Crippen LogP contribution is -2.27. The Kier molecular flexibility index (Phi) is 6.36. The van der Waals surface area contributed by atoms with Crippen molar-refractivity contribution in [2.75, 3.05) is 6.54 Å². The standard InChI is InChI=1S/C15H26BrNS/c1-11(2)17-9-8-15(4,5)7-6-13-10-14(16)12(3)18-13/h10-11,17H,6-9H2,1-5H3. The molecule has 0 aliphatic carbocycles. The lowest BCUT2D eigenvalue weighted by atomic mass is 9.84. The number of thiophene rings is 1. The molecule has 0 spiro atoms. The molecule has 0 bridgehead atoms. The highest BCUT2D eigenvalue weighted by Crippen LogP contribution is 2.31. The summed E-state index contributed by atoms with van der Waals surface area (Å²) >= 11 is 5.52. The summed E-state index contributed by atoms with van der Waals surface area (Å²) in [5.74, 6) is 0. The lowest BCUT2D eigenvalue weighted by Gasteiger charge is -2.25. The van der Waals surface area contributed by atoms with E-state index >= 15 is 0 Å². The fourth-order valence-electron chi connectivity index (χ4n) is 1.93. The number of rotatable bonds is 7. The van der Waals surface area contributed by atoms with Crippen LogP contribution in [0.4, 0.5) is 0 Å². The van der Waals surface area contributed by atoms with E-state index in [1.165, 1.54) is 33.5 Å². The molecule has 18 heavy (non-hydrogen) atoms. The van der Waals surface area contributed by atoms with Crippen molar-refractivity contribution >= 4 is 27.3 Å². The van der Waals surface area contributed by atoms with Gasteiger partial charge in [0, 0.05) is 20.3 Å². The zero-order chi connectivity index (χ0) is 13.8. The van der Waals surface area contributed by atoms with Crippen LogP contribution in [0.15, 0.2) is 10.5 Å². The maximum absolute atomic E-state index is 3.59. The Morgan fingerprint density at radius 2 is 2.00 bits per heavy atom. The summed E-state index contributed by atoms with van der Waals surface area (Å²) in [6.45, 7) is 12.5. The van der Waals surface area contributed by atoms with Gasteiger partial charge >= 0.3 is 0 Å². The maximum atomic E-state index is 3.59. The highest BCUT2D eigenvalue weighted by molar-refractivity contribution is 9.10. The fourth-order valence-corrected chi connectivity index (χ4v) is 3.53. The van der Waals surface area contributed by atoms with E-state index in [4.69, 9.17) is 0 Å². The molecule has 0 saturated heterocycles. The van der Waals surface area contributed by atoms with Gasteiger partial charge in [-0.2, -0.15) is 0 Å². The molecule has 1 rings (SSSR count). The zero-order valence-corrected chi connectivity index (χ0v) is 14.7. The molecule has 1 N–H and O–H groups in total. The van der Waals surface area contributed by atoms with Crippen LogP contribution in [0, 0.1) is 12.3 Å². The van der Waals surface area contributed by atoms with Gasteiger partial charge in [0.25, 0.3) is 0 Å². The van der Waals surface area contributed by atoms with E-state index in [2.05, 4.69) is 61.9 Å². The van der Waals surface area contributed by atoms with Crippen LogP contribution in [0.1, 0.15) is 50.3 Å². The Balaban J connectivity index is 2.36. The van der Waals surface area contributed by atoms with Gasteiger partial charge in [-0.15, -0.1) is 11.3 Å². The van der Waals surface area contributed by atoms with Gasteiger partial charge in [-0.25, -0.2) is 0 Å². The molecule has 0 unspecified atom stereocenters. The van der Waals surface area contributed by atoms with Crippen LogP contribution in [-0.2, 0) is 6.42 Å². The Bertz CT molecular complexity index is 349. The van der Waals surface area contributed by atoms with Crippen LogP contribution in [0.5, 0.6) is 0 Å². The Morgan fingerprint density at radius 3 is 2.50 bits per heavy atom. The lowest BCUT2D eigenvalue weighted by molar-refractivity contribution is 0.299. The molecular weight excluding hydrogens is 306 g/mol. The van der Waals surface area contributed by atoms with Crippen molar-refractivity contribution in [3.63, 3.8) is 0 Å². The number of hydrogen-bond acceptors (Lipinski definition) is 2. The molecule has 0 radical (unpaired) electrons. The first-order chi connectivity index (χ1) is 8.30. The highest BCUT2D eigenvalue weighted by atomic mass is 79.9. The fraction of sp³-hybridized carbons (Fsp3) is 0.733. The Hall–Kier alpha value is 0.140. The van der Waals surface area contributed by atoms with Crippen LogP contribution in [0.2, 0.25) is 0 Å². The largest absolute Gasteiger partial charge is 0.315 e. The van der Waals surface area contributed by atoms with Crippen molar-refractivity contribution in [2.24, 2.45) is 5.41 Å². The minimum absolute atomic E-state index is 0.423. The molecular formula is C15H26BrNS.